The molecule has 1 aliphatic heterocycles. The van der Waals surface area contributed by atoms with Gasteiger partial charge in [-0.2, -0.15) is 4.31 Å². The number of thioether (sulfide) groups is 1. The van der Waals surface area contributed by atoms with Crippen LogP contribution in [-0.4, -0.2) is 37.5 Å². The van der Waals surface area contributed by atoms with Crippen molar-refractivity contribution in [3.8, 4) is 0 Å². The van der Waals surface area contributed by atoms with Gasteiger partial charge in [0.25, 0.3) is 0 Å². The highest BCUT2D eigenvalue weighted by Gasteiger charge is 2.41. The predicted molar refractivity (Wildman–Crippen MR) is 101 cm³/mol. The number of hydrogen-bond donors (Lipinski definition) is 0. The quantitative estimate of drug-likeness (QED) is 0.540. The number of hydrogen-bond acceptors (Lipinski definition) is 5. The van der Waals surface area contributed by atoms with Crippen LogP contribution >= 0.6 is 11.8 Å². The van der Waals surface area contributed by atoms with Gasteiger partial charge in [-0.1, -0.05) is 24.3 Å². The summed E-state index contributed by atoms with van der Waals surface area (Å²) in [6.07, 6.45) is 2.85. The van der Waals surface area contributed by atoms with Gasteiger partial charge in [0.2, 0.25) is 10.0 Å². The number of benzene rings is 2. The highest BCUT2D eigenvalue weighted by atomic mass is 32.2. The molecule has 1 heterocycles. The Labute approximate surface area is 162 Å². The first-order valence-electron chi connectivity index (χ1n) is 8.49. The number of halogens is 1. The molecule has 0 bridgehead atoms. The lowest BCUT2D eigenvalue weighted by molar-refractivity contribution is -0.148. The molecule has 2 aromatic carbocycles. The second kappa shape index (κ2) is 8.41. The van der Waals surface area contributed by atoms with Crippen LogP contribution < -0.4 is 0 Å². The average molecular weight is 410 g/mol. The summed E-state index contributed by atoms with van der Waals surface area (Å²) in [4.78, 5) is 13.2. The van der Waals surface area contributed by atoms with Crippen LogP contribution in [0.1, 0.15) is 18.4 Å². The van der Waals surface area contributed by atoms with Crippen LogP contribution in [0.4, 0.5) is 4.39 Å². The Morgan fingerprint density at radius 1 is 1.22 bits per heavy atom. The third-order valence-electron chi connectivity index (χ3n) is 4.44. The molecule has 0 radical (unpaired) electrons. The van der Waals surface area contributed by atoms with Gasteiger partial charge in [0, 0.05) is 11.4 Å². The van der Waals surface area contributed by atoms with E-state index >= 15 is 0 Å². The fourth-order valence-electron chi connectivity index (χ4n) is 3.02. The normalized spacial score (nSPS) is 17.8. The van der Waals surface area contributed by atoms with Crippen LogP contribution in [0.3, 0.4) is 0 Å². The first kappa shape index (κ1) is 19.9. The number of ether oxygens (including phenoxy) is 1. The molecule has 8 heteroatoms. The zero-order valence-electron chi connectivity index (χ0n) is 14.8. The van der Waals surface area contributed by atoms with E-state index in [2.05, 4.69) is 0 Å². The fourth-order valence-corrected chi connectivity index (χ4v) is 5.14. The lowest BCUT2D eigenvalue weighted by atomic mass is 10.2. The topological polar surface area (TPSA) is 63.7 Å². The molecular weight excluding hydrogens is 389 g/mol. The Morgan fingerprint density at radius 2 is 1.93 bits per heavy atom. The van der Waals surface area contributed by atoms with Crippen LogP contribution in [0.25, 0.3) is 0 Å². The van der Waals surface area contributed by atoms with Gasteiger partial charge in [0.15, 0.2) is 0 Å². The number of sulfonamides is 1. The van der Waals surface area contributed by atoms with Crippen molar-refractivity contribution in [2.45, 2.75) is 35.3 Å². The van der Waals surface area contributed by atoms with Crippen molar-refractivity contribution in [3.63, 3.8) is 0 Å². The monoisotopic (exact) mass is 409 g/mol. The van der Waals surface area contributed by atoms with Gasteiger partial charge >= 0.3 is 5.97 Å². The van der Waals surface area contributed by atoms with E-state index in [0.717, 1.165) is 20.8 Å². The molecule has 0 N–H and O–H groups in total. The second-order valence-corrected chi connectivity index (χ2v) is 8.90. The Hall–Kier alpha value is -1.90. The van der Waals surface area contributed by atoms with Crippen molar-refractivity contribution in [3.05, 3.63) is 59.9 Å². The molecular formula is C19H20FNO4S2. The summed E-state index contributed by atoms with van der Waals surface area (Å²) < 4.78 is 45.9. The van der Waals surface area contributed by atoms with Gasteiger partial charge in [-0.3, -0.25) is 4.79 Å². The Balaban J connectivity index is 1.71. The summed E-state index contributed by atoms with van der Waals surface area (Å²) in [5, 5.41) is 0. The summed E-state index contributed by atoms with van der Waals surface area (Å²) in [6.45, 7) is 0.233. The summed E-state index contributed by atoms with van der Waals surface area (Å²) in [5.41, 5.74) is 0.822. The SMILES string of the molecule is CSc1ccc(COC(=O)[C@@H]2CCCN2S(=O)(=O)c2ccccc2F)cc1. The number of nitrogens with zero attached hydrogens (tertiary/aromatic N) is 1. The molecule has 1 atom stereocenters. The third-order valence-corrected chi connectivity index (χ3v) is 7.12. The van der Waals surface area contributed by atoms with Gasteiger partial charge < -0.3 is 4.74 Å². The predicted octanol–water partition coefficient (Wildman–Crippen LogP) is 3.44. The van der Waals surface area contributed by atoms with Crippen LogP contribution in [0.5, 0.6) is 0 Å². The van der Waals surface area contributed by atoms with Crippen LogP contribution in [0.15, 0.2) is 58.3 Å². The molecule has 3 rings (SSSR count). The Bertz CT molecular complexity index is 916. The molecule has 1 fully saturated rings. The minimum atomic E-state index is -4.10. The summed E-state index contributed by atoms with van der Waals surface area (Å²) in [7, 11) is -4.10. The molecule has 144 valence electrons. The molecule has 2 aromatic rings. The van der Waals surface area contributed by atoms with E-state index in [1.807, 2.05) is 30.5 Å². The fraction of sp³-hybridized carbons (Fsp3) is 0.316. The number of carbonyl (C=O) groups is 1. The van der Waals surface area contributed by atoms with Crippen molar-refractivity contribution in [2.75, 3.05) is 12.8 Å². The molecule has 0 unspecified atom stereocenters. The minimum Gasteiger partial charge on any atom is -0.460 e. The maximum atomic E-state index is 14.0. The van der Waals surface area contributed by atoms with E-state index in [4.69, 9.17) is 4.74 Å². The molecule has 0 aromatic heterocycles. The van der Waals surface area contributed by atoms with Crippen LogP contribution in [-0.2, 0) is 26.2 Å². The summed E-state index contributed by atoms with van der Waals surface area (Å²) in [6, 6.07) is 11.8. The second-order valence-electron chi connectivity index (χ2n) is 6.16. The first-order valence-corrected chi connectivity index (χ1v) is 11.2. The molecule has 1 aliphatic rings. The zero-order chi connectivity index (χ0) is 19.4. The van der Waals surface area contributed by atoms with Crippen LogP contribution in [0.2, 0.25) is 0 Å². The maximum Gasteiger partial charge on any atom is 0.324 e. The van der Waals surface area contributed by atoms with Crippen molar-refractivity contribution in [2.24, 2.45) is 0 Å². The van der Waals surface area contributed by atoms with Crippen LogP contribution in [0, 0.1) is 5.82 Å². The van der Waals surface area contributed by atoms with E-state index in [1.54, 1.807) is 11.8 Å². The molecule has 27 heavy (non-hydrogen) atoms. The standard InChI is InChI=1S/C19H20FNO4S2/c1-26-15-10-8-14(9-11-15)13-25-19(22)17-6-4-12-21(17)27(23,24)18-7-3-2-5-16(18)20/h2-3,5,7-11,17H,4,6,12-13H2,1H3/t17-/m0/s1. The van der Waals surface area contributed by atoms with Gasteiger partial charge in [0.05, 0.1) is 0 Å². The van der Waals surface area contributed by atoms with Crippen molar-refractivity contribution in [1.29, 1.82) is 0 Å². The Morgan fingerprint density at radius 3 is 2.59 bits per heavy atom. The van der Waals surface area contributed by atoms with Gasteiger partial charge in [0.1, 0.15) is 23.4 Å². The molecule has 0 saturated carbocycles. The van der Waals surface area contributed by atoms with Crippen molar-refractivity contribution >= 4 is 27.8 Å². The van der Waals surface area contributed by atoms with E-state index in [1.165, 1.54) is 18.2 Å². The largest absolute Gasteiger partial charge is 0.460 e. The maximum absolute atomic E-state index is 14.0. The van der Waals surface area contributed by atoms with E-state index in [9.17, 15) is 17.6 Å². The lowest BCUT2D eigenvalue weighted by Gasteiger charge is -2.23. The first-order chi connectivity index (χ1) is 12.9. The highest BCUT2D eigenvalue weighted by molar-refractivity contribution is 7.98. The number of esters is 1. The molecule has 0 aliphatic carbocycles. The van der Waals surface area contributed by atoms with Crippen molar-refractivity contribution < 1.29 is 22.3 Å². The van der Waals surface area contributed by atoms with E-state index in [0.29, 0.717) is 12.8 Å². The van der Waals surface area contributed by atoms with Gasteiger partial charge in [-0.25, -0.2) is 12.8 Å². The zero-order valence-corrected chi connectivity index (χ0v) is 16.4. The highest BCUT2D eigenvalue weighted by Crippen LogP contribution is 2.28. The van der Waals surface area contributed by atoms with E-state index < -0.39 is 32.7 Å². The Kier molecular flexibility index (Phi) is 6.18. The number of carbonyl (C=O) groups excluding carboxylic acids is 1. The minimum absolute atomic E-state index is 0.0670. The van der Waals surface area contributed by atoms with Gasteiger partial charge in [-0.05, 0) is 48.9 Å². The number of rotatable bonds is 6. The average Bonchev–Trinajstić information content (AvgIpc) is 3.17. The van der Waals surface area contributed by atoms with E-state index in [-0.39, 0.29) is 13.2 Å². The summed E-state index contributed by atoms with van der Waals surface area (Å²) in [5.74, 6) is -1.44. The van der Waals surface area contributed by atoms with Gasteiger partial charge in [-0.15, -0.1) is 11.8 Å². The molecule has 0 spiro atoms. The molecule has 1 saturated heterocycles. The van der Waals surface area contributed by atoms with Crippen molar-refractivity contribution in [1.82, 2.24) is 4.31 Å². The smallest absolute Gasteiger partial charge is 0.324 e. The summed E-state index contributed by atoms with van der Waals surface area (Å²) >= 11 is 1.61. The molecule has 0 amide bonds. The molecule has 5 nitrogen and oxygen atoms in total. The lowest BCUT2D eigenvalue weighted by Crippen LogP contribution is -2.41. The third kappa shape index (κ3) is 4.34.